The molecule has 5 nitrogen and oxygen atoms in total. The van der Waals surface area contributed by atoms with Crippen LogP contribution in [0.25, 0.3) is 10.9 Å². The van der Waals surface area contributed by atoms with E-state index >= 15 is 0 Å². The van der Waals surface area contributed by atoms with Gasteiger partial charge in [-0.05, 0) is 38.0 Å². The lowest BCUT2D eigenvalue weighted by Crippen LogP contribution is -2.30. The third-order valence-electron chi connectivity index (χ3n) is 4.09. The van der Waals surface area contributed by atoms with Crippen LogP contribution in [0.15, 0.2) is 30.5 Å². The molecule has 20 heavy (non-hydrogen) atoms. The van der Waals surface area contributed by atoms with E-state index in [1.165, 1.54) is 18.9 Å². The second-order valence-corrected chi connectivity index (χ2v) is 5.68. The summed E-state index contributed by atoms with van der Waals surface area (Å²) in [5, 5.41) is 15.5. The fourth-order valence-electron chi connectivity index (χ4n) is 3.02. The third-order valence-corrected chi connectivity index (χ3v) is 4.09. The number of hydrogen-bond acceptors (Lipinski definition) is 4. The molecule has 1 saturated carbocycles. The van der Waals surface area contributed by atoms with E-state index in [0.29, 0.717) is 5.52 Å². The summed E-state index contributed by atoms with van der Waals surface area (Å²) in [7, 11) is 0. The molecule has 1 aliphatic rings. The minimum absolute atomic E-state index is 0.0581. The molecular formula is C15H17N3O2. The molecule has 1 aliphatic carbocycles. The minimum atomic E-state index is -0.379. The average Bonchev–Trinajstić information content (AvgIpc) is 2.85. The molecule has 1 heterocycles. The van der Waals surface area contributed by atoms with Gasteiger partial charge in [-0.3, -0.25) is 10.1 Å². The average molecular weight is 271 g/mol. The molecule has 0 atom stereocenters. The van der Waals surface area contributed by atoms with Crippen molar-refractivity contribution in [3.05, 3.63) is 40.6 Å². The number of pyridine rings is 1. The highest BCUT2D eigenvalue weighted by Gasteiger charge is 2.29. The predicted octanol–water partition coefficient (Wildman–Crippen LogP) is 3.89. The normalized spacial score (nSPS) is 17.2. The monoisotopic (exact) mass is 271 g/mol. The minimum Gasteiger partial charge on any atom is -0.379 e. The van der Waals surface area contributed by atoms with Crippen molar-refractivity contribution in [1.82, 2.24) is 4.98 Å². The zero-order valence-corrected chi connectivity index (χ0v) is 11.4. The second-order valence-electron chi connectivity index (χ2n) is 5.68. The lowest BCUT2D eigenvalue weighted by molar-refractivity contribution is -0.383. The molecule has 0 amide bonds. The van der Waals surface area contributed by atoms with Gasteiger partial charge >= 0.3 is 0 Å². The number of benzene rings is 1. The van der Waals surface area contributed by atoms with Crippen LogP contribution >= 0.6 is 0 Å². The van der Waals surface area contributed by atoms with E-state index in [0.717, 1.165) is 23.9 Å². The highest BCUT2D eigenvalue weighted by atomic mass is 16.6. The van der Waals surface area contributed by atoms with Gasteiger partial charge < -0.3 is 5.32 Å². The van der Waals surface area contributed by atoms with Gasteiger partial charge in [-0.25, -0.2) is 4.98 Å². The molecule has 0 aliphatic heterocycles. The van der Waals surface area contributed by atoms with Crippen LogP contribution < -0.4 is 5.32 Å². The van der Waals surface area contributed by atoms with Gasteiger partial charge in [0.1, 0.15) is 5.52 Å². The summed E-state index contributed by atoms with van der Waals surface area (Å²) >= 11 is 0. The number of nitrogens with one attached hydrogen (secondary N) is 1. The van der Waals surface area contributed by atoms with E-state index in [1.807, 2.05) is 12.1 Å². The smallest absolute Gasteiger partial charge is 0.295 e. The van der Waals surface area contributed by atoms with Crippen molar-refractivity contribution in [2.24, 2.45) is 0 Å². The zero-order chi connectivity index (χ0) is 14.2. The van der Waals surface area contributed by atoms with Crippen molar-refractivity contribution < 1.29 is 4.92 Å². The van der Waals surface area contributed by atoms with E-state index < -0.39 is 0 Å². The summed E-state index contributed by atoms with van der Waals surface area (Å²) in [5.41, 5.74) is 1.52. The number of fused-ring (bicyclic) bond motifs is 1. The number of aromatic nitrogens is 1. The molecule has 0 bridgehead atoms. The predicted molar refractivity (Wildman–Crippen MR) is 78.9 cm³/mol. The molecule has 104 valence electrons. The van der Waals surface area contributed by atoms with Gasteiger partial charge in [0.05, 0.1) is 4.92 Å². The third kappa shape index (κ3) is 2.19. The van der Waals surface area contributed by atoms with Crippen molar-refractivity contribution in [2.45, 2.75) is 38.1 Å². The summed E-state index contributed by atoms with van der Waals surface area (Å²) in [6, 6.07) is 7.03. The molecule has 1 N–H and O–H groups in total. The SMILES string of the molecule is CC1(Nc2ccc([N+](=O)[O-])c3ncccc23)CCCC1. The highest BCUT2D eigenvalue weighted by molar-refractivity contribution is 5.97. The van der Waals surface area contributed by atoms with Crippen LogP contribution in [0.1, 0.15) is 32.6 Å². The Morgan fingerprint density at radius 3 is 2.75 bits per heavy atom. The zero-order valence-electron chi connectivity index (χ0n) is 11.4. The first-order valence-electron chi connectivity index (χ1n) is 6.89. The molecule has 0 saturated heterocycles. The first kappa shape index (κ1) is 12.8. The van der Waals surface area contributed by atoms with Crippen LogP contribution in [-0.2, 0) is 0 Å². The lowest BCUT2D eigenvalue weighted by Gasteiger charge is -2.27. The maximum Gasteiger partial charge on any atom is 0.295 e. The molecule has 1 aromatic carbocycles. The largest absolute Gasteiger partial charge is 0.379 e. The number of nitro benzene ring substituents is 1. The van der Waals surface area contributed by atoms with Crippen LogP contribution in [0, 0.1) is 10.1 Å². The van der Waals surface area contributed by atoms with Gasteiger partial charge in [-0.1, -0.05) is 12.8 Å². The maximum absolute atomic E-state index is 11.1. The number of nitrogens with zero attached hydrogens (tertiary/aromatic N) is 2. The summed E-state index contributed by atoms with van der Waals surface area (Å²) < 4.78 is 0. The van der Waals surface area contributed by atoms with Crippen molar-refractivity contribution in [1.29, 1.82) is 0 Å². The Morgan fingerprint density at radius 1 is 1.30 bits per heavy atom. The lowest BCUT2D eigenvalue weighted by atomic mass is 9.99. The van der Waals surface area contributed by atoms with Crippen LogP contribution in [0.2, 0.25) is 0 Å². The molecular weight excluding hydrogens is 254 g/mol. The Kier molecular flexibility index (Phi) is 3.04. The molecule has 1 fully saturated rings. The van der Waals surface area contributed by atoms with Gasteiger partial charge in [0.25, 0.3) is 5.69 Å². The Hall–Kier alpha value is -2.17. The van der Waals surface area contributed by atoms with Crippen molar-refractivity contribution >= 4 is 22.3 Å². The van der Waals surface area contributed by atoms with E-state index in [4.69, 9.17) is 0 Å². The number of anilines is 1. The first-order chi connectivity index (χ1) is 9.59. The molecule has 1 aromatic heterocycles. The number of hydrogen-bond donors (Lipinski definition) is 1. The fraction of sp³-hybridized carbons (Fsp3) is 0.400. The van der Waals surface area contributed by atoms with Crippen LogP contribution in [0.3, 0.4) is 0 Å². The molecule has 3 rings (SSSR count). The maximum atomic E-state index is 11.1. The van der Waals surface area contributed by atoms with E-state index in [1.54, 1.807) is 12.3 Å². The topological polar surface area (TPSA) is 68.1 Å². The molecule has 0 radical (unpaired) electrons. The summed E-state index contributed by atoms with van der Waals surface area (Å²) in [4.78, 5) is 14.9. The highest BCUT2D eigenvalue weighted by Crippen LogP contribution is 2.36. The Bertz CT molecular complexity index is 663. The molecule has 0 unspecified atom stereocenters. The van der Waals surface area contributed by atoms with E-state index in [9.17, 15) is 10.1 Å². The Balaban J connectivity index is 2.08. The molecule has 0 spiro atoms. The first-order valence-corrected chi connectivity index (χ1v) is 6.89. The summed E-state index contributed by atoms with van der Waals surface area (Å²) in [6.07, 6.45) is 6.31. The molecule has 2 aromatic rings. The molecule has 5 heteroatoms. The standard InChI is InChI=1S/C15H17N3O2/c1-15(8-2-3-9-15)17-12-6-7-13(18(19)20)14-11(12)5-4-10-16-14/h4-7,10,17H,2-3,8-9H2,1H3. The van der Waals surface area contributed by atoms with Crippen molar-refractivity contribution in [3.8, 4) is 0 Å². The Labute approximate surface area is 117 Å². The quantitative estimate of drug-likeness (QED) is 0.679. The van der Waals surface area contributed by atoms with Gasteiger partial charge in [0, 0.05) is 28.9 Å². The van der Waals surface area contributed by atoms with Gasteiger partial charge in [0.2, 0.25) is 0 Å². The fourth-order valence-corrected chi connectivity index (χ4v) is 3.02. The second kappa shape index (κ2) is 4.74. The van der Waals surface area contributed by atoms with E-state index in [-0.39, 0.29) is 16.1 Å². The summed E-state index contributed by atoms with van der Waals surface area (Å²) in [5.74, 6) is 0. The van der Waals surface area contributed by atoms with Crippen LogP contribution in [0.5, 0.6) is 0 Å². The van der Waals surface area contributed by atoms with Crippen molar-refractivity contribution in [3.63, 3.8) is 0 Å². The van der Waals surface area contributed by atoms with Crippen LogP contribution in [0.4, 0.5) is 11.4 Å². The number of nitro groups is 1. The summed E-state index contributed by atoms with van der Waals surface area (Å²) in [6.45, 7) is 2.21. The van der Waals surface area contributed by atoms with Gasteiger partial charge in [-0.2, -0.15) is 0 Å². The van der Waals surface area contributed by atoms with Crippen molar-refractivity contribution in [2.75, 3.05) is 5.32 Å². The van der Waals surface area contributed by atoms with Gasteiger partial charge in [0.15, 0.2) is 0 Å². The Morgan fingerprint density at radius 2 is 2.05 bits per heavy atom. The van der Waals surface area contributed by atoms with Gasteiger partial charge in [-0.15, -0.1) is 0 Å². The number of rotatable bonds is 3. The van der Waals surface area contributed by atoms with Crippen LogP contribution in [-0.4, -0.2) is 15.4 Å². The van der Waals surface area contributed by atoms with E-state index in [2.05, 4.69) is 17.2 Å². The number of non-ortho nitro benzene ring substituents is 1.